The number of hydrogen-bond acceptors (Lipinski definition) is 8. The van der Waals surface area contributed by atoms with Gasteiger partial charge in [-0.1, -0.05) is 34.4 Å². The molecule has 0 unspecified atom stereocenters. The van der Waals surface area contributed by atoms with E-state index in [9.17, 15) is 8.42 Å². The number of aromatic nitrogens is 1. The van der Waals surface area contributed by atoms with Gasteiger partial charge in [-0.25, -0.2) is 13.1 Å². The molecule has 5 N–H and O–H groups in total. The van der Waals surface area contributed by atoms with Crippen molar-refractivity contribution < 1.29 is 12.9 Å². The van der Waals surface area contributed by atoms with Crippen molar-refractivity contribution in [2.75, 3.05) is 28.9 Å². The van der Waals surface area contributed by atoms with Gasteiger partial charge >= 0.3 is 0 Å². The topological polar surface area (TPSA) is 135 Å². The number of sulfonamides is 1. The third-order valence-electron chi connectivity index (χ3n) is 4.45. The molecule has 2 aromatic carbocycles. The van der Waals surface area contributed by atoms with Gasteiger partial charge < -0.3 is 20.9 Å². The molecule has 170 valence electrons. The first-order valence-electron chi connectivity index (χ1n) is 9.48. The molecular weight excluding hydrogens is 475 g/mol. The van der Waals surface area contributed by atoms with Gasteiger partial charge in [0.2, 0.25) is 5.88 Å². The molecular formula is C20H22Cl2N6O3S. The van der Waals surface area contributed by atoms with Crippen LogP contribution in [0, 0.1) is 13.8 Å². The van der Waals surface area contributed by atoms with E-state index in [0.717, 1.165) is 19.0 Å². The zero-order valence-corrected chi connectivity index (χ0v) is 19.6. The summed E-state index contributed by atoms with van der Waals surface area (Å²) in [5.41, 5.74) is 8.01. The number of nitrogens with one attached hydrogen (secondary N) is 3. The van der Waals surface area contributed by atoms with Gasteiger partial charge in [0.1, 0.15) is 0 Å². The van der Waals surface area contributed by atoms with Crippen molar-refractivity contribution in [3.63, 3.8) is 0 Å². The summed E-state index contributed by atoms with van der Waals surface area (Å²) in [7, 11) is -3.68. The maximum absolute atomic E-state index is 12.0. The Kier molecular flexibility index (Phi) is 7.49. The summed E-state index contributed by atoms with van der Waals surface area (Å²) in [5, 5.41) is 11.0. The maximum Gasteiger partial charge on any atom is 0.264 e. The number of guanidine groups is 1. The molecule has 2 heterocycles. The van der Waals surface area contributed by atoms with Crippen LogP contribution in [0.2, 0.25) is 10.0 Å². The minimum atomic E-state index is -3.68. The lowest BCUT2D eigenvalue weighted by molar-refractivity contribution is 0.430. The highest BCUT2D eigenvalue weighted by molar-refractivity contribution is 7.92. The Hall–Kier alpha value is -2.95. The Morgan fingerprint density at radius 1 is 1.09 bits per heavy atom. The summed E-state index contributed by atoms with van der Waals surface area (Å²) in [4.78, 5) is 4.31. The Morgan fingerprint density at radius 2 is 1.75 bits per heavy atom. The molecule has 0 aliphatic carbocycles. The smallest absolute Gasteiger partial charge is 0.264 e. The van der Waals surface area contributed by atoms with Crippen molar-refractivity contribution in [3.05, 3.63) is 63.8 Å². The van der Waals surface area contributed by atoms with Gasteiger partial charge in [0.15, 0.2) is 5.96 Å². The first kappa shape index (κ1) is 23.7. The number of halogens is 2. The summed E-state index contributed by atoms with van der Waals surface area (Å²) >= 11 is 12.0. The molecule has 1 aliphatic rings. The highest BCUT2D eigenvalue weighted by Gasteiger charge is 2.18. The van der Waals surface area contributed by atoms with Gasteiger partial charge in [0, 0.05) is 17.8 Å². The second-order valence-corrected chi connectivity index (χ2v) is 9.27. The minimum absolute atomic E-state index is 0.116. The van der Waals surface area contributed by atoms with Crippen LogP contribution >= 0.6 is 23.2 Å². The monoisotopic (exact) mass is 496 g/mol. The normalized spacial score (nSPS) is 12.9. The summed E-state index contributed by atoms with van der Waals surface area (Å²) in [6.45, 7) is 5.10. The van der Waals surface area contributed by atoms with Crippen molar-refractivity contribution in [2.24, 2.45) is 4.99 Å². The second-order valence-electron chi connectivity index (χ2n) is 6.78. The third kappa shape index (κ3) is 5.84. The fraction of sp³-hybridized carbons (Fsp3) is 0.200. The van der Waals surface area contributed by atoms with Crippen LogP contribution in [0.5, 0.6) is 0 Å². The quantitative estimate of drug-likeness (QED) is 0.400. The van der Waals surface area contributed by atoms with Gasteiger partial charge in [-0.3, -0.25) is 4.99 Å². The first-order valence-corrected chi connectivity index (χ1v) is 11.7. The van der Waals surface area contributed by atoms with Crippen LogP contribution < -0.4 is 21.1 Å². The van der Waals surface area contributed by atoms with Crippen LogP contribution in [0.25, 0.3) is 0 Å². The Labute approximate surface area is 196 Å². The van der Waals surface area contributed by atoms with Crippen LogP contribution in [0.3, 0.4) is 0 Å². The van der Waals surface area contributed by atoms with E-state index in [2.05, 4.69) is 25.5 Å². The maximum atomic E-state index is 12.0. The molecule has 0 radical (unpaired) electrons. The molecule has 0 spiro atoms. The molecule has 12 heteroatoms. The van der Waals surface area contributed by atoms with Gasteiger partial charge in [0.05, 0.1) is 32.9 Å². The van der Waals surface area contributed by atoms with Crippen LogP contribution in [-0.2, 0) is 10.0 Å². The number of aryl methyl sites for hydroxylation is 1. The molecule has 1 aliphatic heterocycles. The van der Waals surface area contributed by atoms with Gasteiger partial charge in [-0.05, 0) is 50.2 Å². The number of benzene rings is 2. The second kappa shape index (κ2) is 10.1. The van der Waals surface area contributed by atoms with E-state index < -0.39 is 10.0 Å². The van der Waals surface area contributed by atoms with Crippen molar-refractivity contribution in [1.29, 1.82) is 0 Å². The van der Waals surface area contributed by atoms with Gasteiger partial charge in [-0.2, -0.15) is 0 Å². The molecule has 1 aromatic heterocycles. The number of nitrogens with two attached hydrogens (primary N) is 1. The SMILES string of the molecule is Cc1noc(NS(=O)(=O)c2ccc(N)cc2)c1C.Clc1cccc(Cl)c1NC1=NCCN1. The van der Waals surface area contributed by atoms with Crippen molar-refractivity contribution in [2.45, 2.75) is 18.7 Å². The largest absolute Gasteiger partial charge is 0.399 e. The summed E-state index contributed by atoms with van der Waals surface area (Å²) in [6, 6.07) is 11.3. The lowest BCUT2D eigenvalue weighted by Crippen LogP contribution is -2.26. The van der Waals surface area contributed by atoms with Crippen LogP contribution in [0.1, 0.15) is 11.3 Å². The van der Waals surface area contributed by atoms with E-state index >= 15 is 0 Å². The Balaban J connectivity index is 0.000000186. The summed E-state index contributed by atoms with van der Waals surface area (Å²) in [5.74, 6) is 0.851. The number of nitrogens with zero attached hydrogens (tertiary/aromatic N) is 2. The lowest BCUT2D eigenvalue weighted by Gasteiger charge is -2.09. The number of aliphatic imine (C=N–C) groups is 1. The standard InChI is InChI=1S/C11H13N3O3S.C9H9Cl2N3/c1-7-8(2)13-17-11(7)14-18(15,16)10-5-3-9(12)4-6-10;10-6-2-1-3-7(11)8(6)14-9-12-4-5-13-9/h3-6,14H,12H2,1-2H3;1-3H,4-5H2,(H2,12,13,14). The molecule has 3 aromatic rings. The molecule has 0 atom stereocenters. The lowest BCUT2D eigenvalue weighted by atomic mass is 10.3. The van der Waals surface area contributed by atoms with E-state index in [1.807, 2.05) is 0 Å². The molecule has 0 saturated heterocycles. The van der Waals surface area contributed by atoms with Crippen LogP contribution in [0.4, 0.5) is 17.3 Å². The Bertz CT molecular complexity index is 1210. The molecule has 0 bridgehead atoms. The number of anilines is 3. The summed E-state index contributed by atoms with van der Waals surface area (Å²) in [6.07, 6.45) is 0. The number of hydrogen-bond donors (Lipinski definition) is 4. The molecule has 4 rings (SSSR count). The molecule has 0 fully saturated rings. The minimum Gasteiger partial charge on any atom is -0.399 e. The van der Waals surface area contributed by atoms with E-state index in [-0.39, 0.29) is 10.8 Å². The molecule has 9 nitrogen and oxygen atoms in total. The van der Waals surface area contributed by atoms with Crippen molar-refractivity contribution >= 4 is 56.4 Å². The number of para-hydroxylation sites is 1. The molecule has 0 saturated carbocycles. The first-order chi connectivity index (χ1) is 15.2. The average molecular weight is 497 g/mol. The van der Waals surface area contributed by atoms with E-state index in [4.69, 9.17) is 33.5 Å². The highest BCUT2D eigenvalue weighted by Crippen LogP contribution is 2.29. The van der Waals surface area contributed by atoms with Crippen molar-refractivity contribution in [1.82, 2.24) is 10.5 Å². The zero-order chi connectivity index (χ0) is 23.3. The van der Waals surface area contributed by atoms with Gasteiger partial charge in [0.25, 0.3) is 10.0 Å². The molecule has 0 amide bonds. The van der Waals surface area contributed by atoms with E-state index in [1.54, 1.807) is 32.0 Å². The van der Waals surface area contributed by atoms with Crippen molar-refractivity contribution in [3.8, 4) is 0 Å². The highest BCUT2D eigenvalue weighted by atomic mass is 35.5. The van der Waals surface area contributed by atoms with E-state index in [0.29, 0.717) is 32.7 Å². The zero-order valence-electron chi connectivity index (χ0n) is 17.3. The van der Waals surface area contributed by atoms with Crippen LogP contribution in [0.15, 0.2) is 56.9 Å². The predicted molar refractivity (Wildman–Crippen MR) is 128 cm³/mol. The van der Waals surface area contributed by atoms with Gasteiger partial charge in [-0.15, -0.1) is 0 Å². The predicted octanol–water partition coefficient (Wildman–Crippen LogP) is 4.04. The third-order valence-corrected chi connectivity index (χ3v) is 6.43. The number of nitrogen functional groups attached to an aromatic ring is 1. The Morgan fingerprint density at radius 3 is 2.28 bits per heavy atom. The summed E-state index contributed by atoms with van der Waals surface area (Å²) < 4.78 is 31.3. The fourth-order valence-corrected chi connectivity index (χ4v) is 4.09. The number of rotatable bonds is 4. The fourth-order valence-electron chi connectivity index (χ4n) is 2.56. The van der Waals surface area contributed by atoms with E-state index in [1.165, 1.54) is 24.3 Å². The average Bonchev–Trinajstić information content (AvgIpc) is 3.37. The molecule has 32 heavy (non-hydrogen) atoms. The van der Waals surface area contributed by atoms with Crippen LogP contribution in [-0.4, -0.2) is 32.6 Å².